The van der Waals surface area contributed by atoms with Crippen molar-refractivity contribution in [2.75, 3.05) is 7.11 Å². The second-order valence-electron chi connectivity index (χ2n) is 2.42. The van der Waals surface area contributed by atoms with Crippen molar-refractivity contribution < 1.29 is 9.53 Å². The Morgan fingerprint density at radius 2 is 2.43 bits per heavy atom. The van der Waals surface area contributed by atoms with E-state index in [2.05, 4.69) is 21.6 Å². The minimum Gasteiger partial charge on any atom is -0.468 e. The van der Waals surface area contributed by atoms with Gasteiger partial charge in [0.25, 0.3) is 0 Å². The van der Waals surface area contributed by atoms with Crippen molar-refractivity contribution in [3.05, 3.63) is 29.0 Å². The zero-order valence-corrected chi connectivity index (χ0v) is 8.34. The maximum absolute atomic E-state index is 10.7. The van der Waals surface area contributed by atoms with Gasteiger partial charge in [-0.05, 0) is 12.1 Å². The van der Waals surface area contributed by atoms with Crippen LogP contribution in [0.2, 0.25) is 5.15 Å². The SMILES string of the molecule is COC(=O)CC#Cc1ccc(Cl)nc1. The highest BCUT2D eigenvalue weighted by atomic mass is 35.5. The van der Waals surface area contributed by atoms with Gasteiger partial charge in [0.15, 0.2) is 0 Å². The minimum absolute atomic E-state index is 0.0825. The molecule has 0 aliphatic carbocycles. The van der Waals surface area contributed by atoms with Crippen LogP contribution < -0.4 is 0 Å². The van der Waals surface area contributed by atoms with E-state index in [1.165, 1.54) is 7.11 Å². The normalized spacial score (nSPS) is 8.71. The molecule has 0 aliphatic heterocycles. The maximum atomic E-state index is 10.7. The molecule has 14 heavy (non-hydrogen) atoms. The van der Waals surface area contributed by atoms with Gasteiger partial charge in [0, 0.05) is 11.8 Å². The Kier molecular flexibility index (Phi) is 3.96. The highest BCUT2D eigenvalue weighted by Crippen LogP contribution is 2.03. The molecule has 1 aromatic rings. The van der Waals surface area contributed by atoms with E-state index < -0.39 is 0 Å². The molecule has 0 spiro atoms. The van der Waals surface area contributed by atoms with Gasteiger partial charge in [0.2, 0.25) is 0 Å². The molecule has 0 N–H and O–H groups in total. The number of carbonyl (C=O) groups excluding carboxylic acids is 1. The first kappa shape index (κ1) is 10.6. The molecule has 3 nitrogen and oxygen atoms in total. The summed E-state index contributed by atoms with van der Waals surface area (Å²) in [5, 5.41) is 0.420. The van der Waals surface area contributed by atoms with Crippen LogP contribution in [0.1, 0.15) is 12.0 Å². The Balaban J connectivity index is 2.59. The maximum Gasteiger partial charge on any atom is 0.317 e. The van der Waals surface area contributed by atoms with E-state index in [1.807, 2.05) is 0 Å². The number of esters is 1. The highest BCUT2D eigenvalue weighted by Gasteiger charge is 1.93. The quantitative estimate of drug-likeness (QED) is 0.401. The molecule has 0 radical (unpaired) electrons. The average Bonchev–Trinajstić information content (AvgIpc) is 2.21. The Bertz CT molecular complexity index is 375. The molecule has 0 unspecified atom stereocenters. The van der Waals surface area contributed by atoms with Crippen molar-refractivity contribution in [3.63, 3.8) is 0 Å². The standard InChI is InChI=1S/C10H8ClNO2/c1-14-10(13)4-2-3-8-5-6-9(11)12-7-8/h5-7H,4H2,1H3. The number of ether oxygens (including phenoxy) is 1. The molecule has 72 valence electrons. The molecule has 0 fully saturated rings. The van der Waals surface area contributed by atoms with Crippen molar-refractivity contribution in [2.24, 2.45) is 0 Å². The van der Waals surface area contributed by atoms with Crippen molar-refractivity contribution in [2.45, 2.75) is 6.42 Å². The predicted octanol–water partition coefficient (Wildman–Crippen LogP) is 1.65. The average molecular weight is 210 g/mol. The van der Waals surface area contributed by atoms with Gasteiger partial charge in [0.1, 0.15) is 11.6 Å². The largest absolute Gasteiger partial charge is 0.468 e. The molecule has 0 atom stereocenters. The van der Waals surface area contributed by atoms with Crippen molar-refractivity contribution in [1.82, 2.24) is 4.98 Å². The lowest BCUT2D eigenvalue weighted by atomic mass is 10.3. The first-order chi connectivity index (χ1) is 6.72. The molecule has 0 bridgehead atoms. The van der Waals surface area contributed by atoms with E-state index in [4.69, 9.17) is 11.6 Å². The molecule has 1 aromatic heterocycles. The van der Waals surface area contributed by atoms with Gasteiger partial charge in [-0.25, -0.2) is 4.98 Å². The molecule has 1 heterocycles. The number of aromatic nitrogens is 1. The number of nitrogens with zero attached hydrogens (tertiary/aromatic N) is 1. The molecule has 0 saturated heterocycles. The second-order valence-corrected chi connectivity index (χ2v) is 2.81. The summed E-state index contributed by atoms with van der Waals surface area (Å²) in [6.07, 6.45) is 1.63. The smallest absolute Gasteiger partial charge is 0.317 e. The Morgan fingerprint density at radius 1 is 1.64 bits per heavy atom. The number of methoxy groups -OCH3 is 1. The van der Waals surface area contributed by atoms with E-state index >= 15 is 0 Å². The highest BCUT2D eigenvalue weighted by molar-refractivity contribution is 6.29. The number of halogens is 1. The summed E-state index contributed by atoms with van der Waals surface area (Å²) < 4.78 is 4.43. The van der Waals surface area contributed by atoms with Crippen molar-refractivity contribution in [1.29, 1.82) is 0 Å². The summed E-state index contributed by atoms with van der Waals surface area (Å²) in [6, 6.07) is 3.38. The van der Waals surface area contributed by atoms with Gasteiger partial charge in [0.05, 0.1) is 7.11 Å². The molecule has 4 heteroatoms. The third-order valence-electron chi connectivity index (χ3n) is 1.42. The third-order valence-corrected chi connectivity index (χ3v) is 1.64. The molecular formula is C10H8ClNO2. The first-order valence-corrected chi connectivity index (χ1v) is 4.27. The Morgan fingerprint density at radius 3 is 3.00 bits per heavy atom. The van der Waals surface area contributed by atoms with Crippen LogP contribution in [0.3, 0.4) is 0 Å². The Hall–Kier alpha value is -1.53. The van der Waals surface area contributed by atoms with E-state index in [1.54, 1.807) is 18.3 Å². The summed E-state index contributed by atoms with van der Waals surface area (Å²) in [5.41, 5.74) is 0.721. The molecule has 0 saturated carbocycles. The van der Waals surface area contributed by atoms with E-state index in [9.17, 15) is 4.79 Å². The van der Waals surface area contributed by atoms with Gasteiger partial charge in [-0.2, -0.15) is 0 Å². The van der Waals surface area contributed by atoms with Crippen LogP contribution in [-0.2, 0) is 9.53 Å². The summed E-state index contributed by atoms with van der Waals surface area (Å²) in [6.45, 7) is 0. The van der Waals surface area contributed by atoms with Gasteiger partial charge in [-0.3, -0.25) is 4.79 Å². The molecular weight excluding hydrogens is 202 g/mol. The zero-order chi connectivity index (χ0) is 10.4. The van der Waals surface area contributed by atoms with Crippen molar-refractivity contribution >= 4 is 17.6 Å². The van der Waals surface area contributed by atoms with Gasteiger partial charge < -0.3 is 4.74 Å². The lowest BCUT2D eigenvalue weighted by molar-refractivity contribution is -0.139. The number of carbonyl (C=O) groups is 1. The first-order valence-electron chi connectivity index (χ1n) is 3.89. The molecule has 0 aliphatic rings. The van der Waals surface area contributed by atoms with Gasteiger partial charge in [-0.15, -0.1) is 0 Å². The lowest BCUT2D eigenvalue weighted by Crippen LogP contribution is -1.97. The second kappa shape index (κ2) is 5.25. The van der Waals surface area contributed by atoms with E-state index in [0.29, 0.717) is 5.15 Å². The summed E-state index contributed by atoms with van der Waals surface area (Å²) in [5.74, 6) is 5.08. The van der Waals surface area contributed by atoms with Crippen LogP contribution >= 0.6 is 11.6 Å². The van der Waals surface area contributed by atoms with Gasteiger partial charge >= 0.3 is 5.97 Å². The fraction of sp³-hybridized carbons (Fsp3) is 0.200. The topological polar surface area (TPSA) is 39.2 Å². The number of hydrogen-bond acceptors (Lipinski definition) is 3. The molecule has 1 rings (SSSR count). The monoisotopic (exact) mass is 209 g/mol. The molecule has 0 aromatic carbocycles. The summed E-state index contributed by atoms with van der Waals surface area (Å²) in [4.78, 5) is 14.5. The van der Waals surface area contributed by atoms with Crippen LogP contribution in [0.4, 0.5) is 0 Å². The van der Waals surface area contributed by atoms with E-state index in [-0.39, 0.29) is 12.4 Å². The fourth-order valence-electron chi connectivity index (χ4n) is 0.740. The molecule has 0 amide bonds. The third kappa shape index (κ3) is 3.46. The van der Waals surface area contributed by atoms with Crippen LogP contribution in [-0.4, -0.2) is 18.1 Å². The number of rotatable bonds is 1. The van der Waals surface area contributed by atoms with E-state index in [0.717, 1.165) is 5.56 Å². The van der Waals surface area contributed by atoms with Crippen molar-refractivity contribution in [3.8, 4) is 11.8 Å². The van der Waals surface area contributed by atoms with Gasteiger partial charge in [-0.1, -0.05) is 23.4 Å². The zero-order valence-electron chi connectivity index (χ0n) is 7.58. The Labute approximate surface area is 87.1 Å². The predicted molar refractivity (Wildman–Crippen MR) is 52.8 cm³/mol. The lowest BCUT2D eigenvalue weighted by Gasteiger charge is -1.90. The number of hydrogen-bond donors (Lipinski definition) is 0. The summed E-state index contributed by atoms with van der Waals surface area (Å²) in [7, 11) is 1.33. The van der Waals surface area contributed by atoms with Crippen LogP contribution in [0.25, 0.3) is 0 Å². The number of pyridine rings is 1. The van der Waals surface area contributed by atoms with Crippen LogP contribution in [0, 0.1) is 11.8 Å². The van der Waals surface area contributed by atoms with Crippen LogP contribution in [0.5, 0.6) is 0 Å². The minimum atomic E-state index is -0.348. The summed E-state index contributed by atoms with van der Waals surface area (Å²) >= 11 is 5.59. The van der Waals surface area contributed by atoms with Crippen LogP contribution in [0.15, 0.2) is 18.3 Å². The fourth-order valence-corrected chi connectivity index (χ4v) is 0.852.